The quantitative estimate of drug-likeness (QED) is 0.858. The highest BCUT2D eigenvalue weighted by Gasteiger charge is 2.29. The molecule has 1 heterocycles. The van der Waals surface area contributed by atoms with Gasteiger partial charge in [0.25, 0.3) is 5.91 Å². The van der Waals surface area contributed by atoms with Crippen LogP contribution in [-0.4, -0.2) is 36.3 Å². The third-order valence-electron chi connectivity index (χ3n) is 6.37. The molecule has 2 fully saturated rings. The molecule has 1 saturated heterocycles. The Labute approximate surface area is 167 Å². The Hall–Kier alpha value is -2.36. The SMILES string of the molecule is O=C(NC[C@@H]1CCCN(C(=O)C2CCCCC2)C1)c1cccc2ccccc12. The largest absolute Gasteiger partial charge is 0.352 e. The molecule has 2 aliphatic rings. The van der Waals surface area contributed by atoms with Gasteiger partial charge in [0.2, 0.25) is 5.91 Å². The number of carbonyl (C=O) groups is 2. The molecule has 2 aromatic carbocycles. The summed E-state index contributed by atoms with van der Waals surface area (Å²) < 4.78 is 0. The van der Waals surface area contributed by atoms with Crippen molar-refractivity contribution in [1.82, 2.24) is 10.2 Å². The first kappa shape index (κ1) is 19.0. The van der Waals surface area contributed by atoms with Gasteiger partial charge in [0, 0.05) is 31.1 Å². The van der Waals surface area contributed by atoms with Crippen LogP contribution in [0.4, 0.5) is 0 Å². The fourth-order valence-electron chi connectivity index (χ4n) is 4.80. The van der Waals surface area contributed by atoms with E-state index in [0.717, 1.165) is 55.1 Å². The molecular weight excluding hydrogens is 348 g/mol. The van der Waals surface area contributed by atoms with Gasteiger partial charge in [-0.25, -0.2) is 0 Å². The van der Waals surface area contributed by atoms with E-state index in [9.17, 15) is 9.59 Å². The summed E-state index contributed by atoms with van der Waals surface area (Å²) in [4.78, 5) is 27.7. The number of amides is 2. The summed E-state index contributed by atoms with van der Waals surface area (Å²) in [6.07, 6.45) is 7.86. The Morgan fingerprint density at radius 2 is 1.71 bits per heavy atom. The summed E-state index contributed by atoms with van der Waals surface area (Å²) in [6, 6.07) is 13.8. The first-order valence-electron chi connectivity index (χ1n) is 10.8. The van der Waals surface area contributed by atoms with Gasteiger partial charge in [-0.2, -0.15) is 0 Å². The number of hydrogen-bond acceptors (Lipinski definition) is 2. The van der Waals surface area contributed by atoms with E-state index in [0.29, 0.717) is 18.4 Å². The van der Waals surface area contributed by atoms with Crippen LogP contribution in [0, 0.1) is 11.8 Å². The van der Waals surface area contributed by atoms with Crippen LogP contribution in [0.1, 0.15) is 55.3 Å². The maximum absolute atomic E-state index is 12.8. The lowest BCUT2D eigenvalue weighted by Crippen LogP contribution is -2.46. The number of hydrogen-bond donors (Lipinski definition) is 1. The summed E-state index contributed by atoms with van der Waals surface area (Å²) in [6.45, 7) is 2.30. The third kappa shape index (κ3) is 4.21. The standard InChI is InChI=1S/C24H30N2O2/c27-23(22-14-6-12-19-9-4-5-13-21(19)22)25-16-18-8-7-15-26(17-18)24(28)20-10-2-1-3-11-20/h4-6,9,12-14,18,20H,1-3,7-8,10-11,15-17H2,(H,25,27)/t18-/m0/s1. The van der Waals surface area contributed by atoms with Gasteiger partial charge in [0.05, 0.1) is 0 Å². The van der Waals surface area contributed by atoms with Crippen LogP contribution in [0.25, 0.3) is 10.8 Å². The number of fused-ring (bicyclic) bond motifs is 1. The van der Waals surface area contributed by atoms with Crippen molar-refractivity contribution in [1.29, 1.82) is 0 Å². The van der Waals surface area contributed by atoms with Crippen molar-refractivity contribution in [3.05, 3.63) is 48.0 Å². The van der Waals surface area contributed by atoms with Crippen LogP contribution in [0.15, 0.2) is 42.5 Å². The molecule has 1 atom stereocenters. The Morgan fingerprint density at radius 3 is 2.57 bits per heavy atom. The highest BCUT2D eigenvalue weighted by atomic mass is 16.2. The average molecular weight is 379 g/mol. The molecule has 2 amide bonds. The lowest BCUT2D eigenvalue weighted by Gasteiger charge is -2.36. The van der Waals surface area contributed by atoms with Crippen molar-refractivity contribution in [2.45, 2.75) is 44.9 Å². The second-order valence-electron chi connectivity index (χ2n) is 8.36. The molecule has 4 rings (SSSR count). The van der Waals surface area contributed by atoms with Crippen molar-refractivity contribution in [3.63, 3.8) is 0 Å². The Balaban J connectivity index is 1.35. The minimum atomic E-state index is -0.0208. The molecule has 0 bridgehead atoms. The number of rotatable bonds is 4. The Kier molecular flexibility index (Phi) is 5.94. The van der Waals surface area contributed by atoms with Gasteiger partial charge in [-0.3, -0.25) is 9.59 Å². The fourth-order valence-corrected chi connectivity index (χ4v) is 4.80. The number of benzene rings is 2. The van der Waals surface area contributed by atoms with Crippen molar-refractivity contribution in [2.75, 3.05) is 19.6 Å². The van der Waals surface area contributed by atoms with E-state index in [1.165, 1.54) is 19.3 Å². The van der Waals surface area contributed by atoms with Gasteiger partial charge in [-0.1, -0.05) is 55.7 Å². The molecule has 1 aliphatic heterocycles. The zero-order chi connectivity index (χ0) is 19.3. The van der Waals surface area contributed by atoms with E-state index < -0.39 is 0 Å². The summed E-state index contributed by atoms with van der Waals surface area (Å²) in [5, 5.41) is 5.19. The normalized spacial score (nSPS) is 20.9. The molecule has 1 aliphatic carbocycles. The minimum Gasteiger partial charge on any atom is -0.352 e. The predicted octanol–water partition coefficient (Wildman–Crippen LogP) is 4.39. The van der Waals surface area contributed by atoms with Gasteiger partial charge in [-0.15, -0.1) is 0 Å². The maximum Gasteiger partial charge on any atom is 0.251 e. The lowest BCUT2D eigenvalue weighted by atomic mass is 9.87. The molecule has 1 N–H and O–H groups in total. The minimum absolute atomic E-state index is 0.0208. The van der Waals surface area contributed by atoms with Crippen molar-refractivity contribution in [2.24, 2.45) is 11.8 Å². The number of nitrogens with one attached hydrogen (secondary N) is 1. The molecule has 0 unspecified atom stereocenters. The first-order valence-corrected chi connectivity index (χ1v) is 10.8. The summed E-state index contributed by atoms with van der Waals surface area (Å²) >= 11 is 0. The van der Waals surface area contributed by atoms with E-state index >= 15 is 0 Å². The first-order chi connectivity index (χ1) is 13.7. The Bertz CT molecular complexity index is 836. The number of carbonyl (C=O) groups excluding carboxylic acids is 2. The van der Waals surface area contributed by atoms with E-state index in [4.69, 9.17) is 0 Å². The van der Waals surface area contributed by atoms with Crippen molar-refractivity contribution < 1.29 is 9.59 Å². The second-order valence-corrected chi connectivity index (χ2v) is 8.36. The molecule has 0 radical (unpaired) electrons. The van der Waals surface area contributed by atoms with E-state index in [2.05, 4.69) is 10.2 Å². The van der Waals surface area contributed by atoms with Crippen LogP contribution in [-0.2, 0) is 4.79 Å². The van der Waals surface area contributed by atoms with Gasteiger partial charge >= 0.3 is 0 Å². The zero-order valence-corrected chi connectivity index (χ0v) is 16.5. The predicted molar refractivity (Wildman–Crippen MR) is 112 cm³/mol. The summed E-state index contributed by atoms with van der Waals surface area (Å²) in [7, 11) is 0. The van der Waals surface area contributed by atoms with E-state index in [1.807, 2.05) is 42.5 Å². The maximum atomic E-state index is 12.8. The van der Waals surface area contributed by atoms with Crippen LogP contribution >= 0.6 is 0 Å². The second kappa shape index (κ2) is 8.76. The third-order valence-corrected chi connectivity index (χ3v) is 6.37. The lowest BCUT2D eigenvalue weighted by molar-refractivity contribution is -0.138. The van der Waals surface area contributed by atoms with Crippen LogP contribution in [0.5, 0.6) is 0 Å². The molecule has 2 aromatic rings. The summed E-state index contributed by atoms with van der Waals surface area (Å²) in [5.41, 5.74) is 0.726. The molecule has 148 valence electrons. The van der Waals surface area contributed by atoms with Crippen LogP contribution in [0.3, 0.4) is 0 Å². The van der Waals surface area contributed by atoms with E-state index in [-0.39, 0.29) is 11.8 Å². The molecule has 0 aromatic heterocycles. The van der Waals surface area contributed by atoms with Gasteiger partial charge in [-0.05, 0) is 48.4 Å². The zero-order valence-electron chi connectivity index (χ0n) is 16.5. The van der Waals surface area contributed by atoms with Crippen LogP contribution in [0.2, 0.25) is 0 Å². The molecule has 28 heavy (non-hydrogen) atoms. The monoisotopic (exact) mass is 378 g/mol. The molecular formula is C24H30N2O2. The van der Waals surface area contributed by atoms with Gasteiger partial charge in [0.15, 0.2) is 0 Å². The number of likely N-dealkylation sites (tertiary alicyclic amines) is 1. The van der Waals surface area contributed by atoms with Gasteiger partial charge in [0.1, 0.15) is 0 Å². The highest BCUT2D eigenvalue weighted by Crippen LogP contribution is 2.27. The topological polar surface area (TPSA) is 49.4 Å². The smallest absolute Gasteiger partial charge is 0.251 e. The number of nitrogens with zero attached hydrogens (tertiary/aromatic N) is 1. The van der Waals surface area contributed by atoms with Crippen molar-refractivity contribution in [3.8, 4) is 0 Å². The van der Waals surface area contributed by atoms with Crippen molar-refractivity contribution >= 4 is 22.6 Å². The highest BCUT2D eigenvalue weighted by molar-refractivity contribution is 6.07. The average Bonchev–Trinajstić information content (AvgIpc) is 2.77. The van der Waals surface area contributed by atoms with Gasteiger partial charge < -0.3 is 10.2 Å². The Morgan fingerprint density at radius 1 is 0.929 bits per heavy atom. The fraction of sp³-hybridized carbons (Fsp3) is 0.500. The van der Waals surface area contributed by atoms with E-state index in [1.54, 1.807) is 0 Å². The van der Waals surface area contributed by atoms with Crippen LogP contribution < -0.4 is 5.32 Å². The number of piperidine rings is 1. The molecule has 4 nitrogen and oxygen atoms in total. The molecule has 1 saturated carbocycles. The molecule has 0 spiro atoms. The summed E-state index contributed by atoms with van der Waals surface area (Å²) in [5.74, 6) is 0.912. The molecule has 4 heteroatoms.